The number of benzene rings is 1. The third-order valence-electron chi connectivity index (χ3n) is 4.31. The van der Waals surface area contributed by atoms with Crippen LogP contribution in [-0.4, -0.2) is 21.6 Å². The topological polar surface area (TPSA) is 87.8 Å². The molecule has 0 atom stereocenters. The molecule has 4 aromatic rings. The molecule has 0 unspecified atom stereocenters. The van der Waals surface area contributed by atoms with Crippen molar-refractivity contribution in [3.63, 3.8) is 0 Å². The number of H-pyrrole nitrogens is 2. The van der Waals surface area contributed by atoms with E-state index < -0.39 is 0 Å². The molecule has 0 fully saturated rings. The second-order valence-corrected chi connectivity index (χ2v) is 9.24. The lowest BCUT2D eigenvalue weighted by atomic mass is 10.2. The highest BCUT2D eigenvalue weighted by atomic mass is 32.2. The van der Waals surface area contributed by atoms with Crippen molar-refractivity contribution < 1.29 is 4.74 Å². The Morgan fingerprint density at radius 3 is 2.70 bits per heavy atom. The predicted molar refractivity (Wildman–Crippen MR) is 123 cm³/mol. The standard InChI is InChI=1S/C22H21N3O3S2/c1-13(2)11-28-18-10-23-15(8-17(18)26)12-29-22-24-20(27)16-9-19(30-21(16)25-22)14-6-4-3-5-7-14/h3-10,13H,11-12H2,1-2H3,(H,23,26)(H,24,25,27). The van der Waals surface area contributed by atoms with Crippen LogP contribution in [-0.2, 0) is 5.75 Å². The molecule has 0 aliphatic rings. The van der Waals surface area contributed by atoms with Gasteiger partial charge in [0.15, 0.2) is 10.9 Å². The van der Waals surface area contributed by atoms with E-state index in [4.69, 9.17) is 4.74 Å². The maximum atomic E-state index is 12.5. The van der Waals surface area contributed by atoms with Crippen molar-refractivity contribution >= 4 is 33.3 Å². The summed E-state index contributed by atoms with van der Waals surface area (Å²) in [6, 6.07) is 13.3. The SMILES string of the molecule is CC(C)COc1c[nH]c(CSc2nc3sc(-c4ccccc4)cc3c(=O)[nH]2)cc1=O. The van der Waals surface area contributed by atoms with Crippen LogP contribution in [0.4, 0.5) is 0 Å². The molecule has 3 heterocycles. The smallest absolute Gasteiger partial charge is 0.260 e. The van der Waals surface area contributed by atoms with Crippen molar-refractivity contribution in [1.82, 2.24) is 15.0 Å². The van der Waals surface area contributed by atoms with Gasteiger partial charge in [-0.1, -0.05) is 55.9 Å². The Hall–Kier alpha value is -2.84. The van der Waals surface area contributed by atoms with Gasteiger partial charge in [0.2, 0.25) is 5.43 Å². The van der Waals surface area contributed by atoms with Crippen LogP contribution in [0.2, 0.25) is 0 Å². The summed E-state index contributed by atoms with van der Waals surface area (Å²) in [5, 5.41) is 1.11. The number of hydrogen-bond acceptors (Lipinski definition) is 6. The van der Waals surface area contributed by atoms with Gasteiger partial charge in [0.05, 0.1) is 12.0 Å². The van der Waals surface area contributed by atoms with Gasteiger partial charge in [-0.2, -0.15) is 0 Å². The molecule has 0 saturated carbocycles. The van der Waals surface area contributed by atoms with Gasteiger partial charge in [-0.05, 0) is 17.5 Å². The van der Waals surface area contributed by atoms with Crippen LogP contribution in [0.5, 0.6) is 5.75 Å². The van der Waals surface area contributed by atoms with Crippen molar-refractivity contribution in [3.05, 3.63) is 74.9 Å². The van der Waals surface area contributed by atoms with Crippen LogP contribution < -0.4 is 15.7 Å². The second kappa shape index (κ2) is 8.89. The monoisotopic (exact) mass is 439 g/mol. The minimum Gasteiger partial charge on any atom is -0.488 e. The van der Waals surface area contributed by atoms with Crippen LogP contribution in [0, 0.1) is 5.92 Å². The zero-order valence-corrected chi connectivity index (χ0v) is 18.2. The maximum Gasteiger partial charge on any atom is 0.260 e. The van der Waals surface area contributed by atoms with Crippen molar-refractivity contribution in [2.24, 2.45) is 5.92 Å². The average molecular weight is 440 g/mol. The average Bonchev–Trinajstić information content (AvgIpc) is 3.17. The van der Waals surface area contributed by atoms with Gasteiger partial charge < -0.3 is 14.7 Å². The fourth-order valence-corrected chi connectivity index (χ4v) is 4.70. The summed E-state index contributed by atoms with van der Waals surface area (Å²) < 4.78 is 5.51. The van der Waals surface area contributed by atoms with E-state index in [1.807, 2.05) is 50.2 Å². The number of fused-ring (bicyclic) bond motifs is 1. The molecule has 30 heavy (non-hydrogen) atoms. The van der Waals surface area contributed by atoms with E-state index in [1.165, 1.54) is 29.2 Å². The number of hydrogen-bond donors (Lipinski definition) is 2. The minimum atomic E-state index is -0.160. The van der Waals surface area contributed by atoms with E-state index in [2.05, 4.69) is 15.0 Å². The first-order valence-corrected chi connectivity index (χ1v) is 11.4. The molecule has 4 rings (SSSR count). The molecule has 8 heteroatoms. The molecule has 0 aliphatic carbocycles. The maximum absolute atomic E-state index is 12.5. The summed E-state index contributed by atoms with van der Waals surface area (Å²) in [4.78, 5) is 36.9. The summed E-state index contributed by atoms with van der Waals surface area (Å²) in [6.45, 7) is 4.55. The van der Waals surface area contributed by atoms with Crippen LogP contribution >= 0.6 is 23.1 Å². The molecule has 0 radical (unpaired) electrons. The van der Waals surface area contributed by atoms with Crippen LogP contribution in [0.15, 0.2) is 63.4 Å². The molecule has 3 aromatic heterocycles. The Morgan fingerprint density at radius 1 is 1.17 bits per heavy atom. The van der Waals surface area contributed by atoms with Crippen molar-refractivity contribution in [2.45, 2.75) is 24.8 Å². The summed E-state index contributed by atoms with van der Waals surface area (Å²) in [5.41, 5.74) is 1.48. The normalized spacial score (nSPS) is 11.3. The van der Waals surface area contributed by atoms with E-state index in [0.717, 1.165) is 16.1 Å². The fourth-order valence-electron chi connectivity index (χ4n) is 2.82. The van der Waals surface area contributed by atoms with Gasteiger partial charge in [0.25, 0.3) is 5.56 Å². The van der Waals surface area contributed by atoms with Gasteiger partial charge >= 0.3 is 0 Å². The Bertz CT molecular complexity index is 1280. The lowest BCUT2D eigenvalue weighted by Crippen LogP contribution is -2.13. The highest BCUT2D eigenvalue weighted by Gasteiger charge is 2.11. The lowest BCUT2D eigenvalue weighted by molar-refractivity contribution is 0.268. The number of aromatic nitrogens is 3. The van der Waals surface area contributed by atoms with Crippen molar-refractivity contribution in [2.75, 3.05) is 6.61 Å². The minimum absolute atomic E-state index is 0.160. The molecule has 154 valence electrons. The van der Waals surface area contributed by atoms with Crippen molar-refractivity contribution in [1.29, 1.82) is 0 Å². The molecule has 2 N–H and O–H groups in total. The summed E-state index contributed by atoms with van der Waals surface area (Å²) in [7, 11) is 0. The van der Waals surface area contributed by atoms with Crippen LogP contribution in [0.25, 0.3) is 20.7 Å². The van der Waals surface area contributed by atoms with E-state index in [1.54, 1.807) is 6.20 Å². The number of rotatable bonds is 7. The first-order valence-electron chi connectivity index (χ1n) is 9.56. The van der Waals surface area contributed by atoms with Gasteiger partial charge in [-0.25, -0.2) is 4.98 Å². The largest absolute Gasteiger partial charge is 0.488 e. The van der Waals surface area contributed by atoms with Gasteiger partial charge in [0.1, 0.15) is 4.83 Å². The number of thioether (sulfide) groups is 1. The molecule has 0 saturated heterocycles. The number of aromatic amines is 2. The lowest BCUT2D eigenvalue weighted by Gasteiger charge is -2.08. The number of ether oxygens (including phenoxy) is 1. The summed E-state index contributed by atoms with van der Waals surface area (Å²) >= 11 is 2.86. The van der Waals surface area contributed by atoms with Gasteiger partial charge in [-0.15, -0.1) is 11.3 Å². The third-order valence-corrected chi connectivity index (χ3v) is 6.31. The molecule has 1 aromatic carbocycles. The quantitative estimate of drug-likeness (QED) is 0.323. The Balaban J connectivity index is 1.51. The zero-order valence-electron chi connectivity index (χ0n) is 16.6. The predicted octanol–water partition coefficient (Wildman–Crippen LogP) is 4.67. The third kappa shape index (κ3) is 4.66. The molecule has 0 aliphatic heterocycles. The molecular weight excluding hydrogens is 418 g/mol. The summed E-state index contributed by atoms with van der Waals surface area (Å²) in [6.07, 6.45) is 1.59. The number of pyridine rings is 1. The molecule has 6 nitrogen and oxygen atoms in total. The second-order valence-electron chi connectivity index (χ2n) is 7.25. The number of nitrogens with one attached hydrogen (secondary N) is 2. The van der Waals surface area contributed by atoms with Crippen molar-refractivity contribution in [3.8, 4) is 16.2 Å². The highest BCUT2D eigenvalue weighted by Crippen LogP contribution is 2.31. The molecular formula is C22H21N3O3S2. The van der Waals surface area contributed by atoms with Crippen LogP contribution in [0.1, 0.15) is 19.5 Å². The Labute approximate surface area is 181 Å². The van der Waals surface area contributed by atoms with E-state index in [0.29, 0.717) is 39.4 Å². The molecule has 0 amide bonds. The Kier molecular flexibility index (Phi) is 6.06. The number of thiophene rings is 1. The molecule has 0 spiro atoms. The number of nitrogens with zero attached hydrogens (tertiary/aromatic N) is 1. The van der Waals surface area contributed by atoms with E-state index in [-0.39, 0.29) is 11.0 Å². The summed E-state index contributed by atoms with van der Waals surface area (Å²) in [5.74, 6) is 1.14. The molecule has 0 bridgehead atoms. The Morgan fingerprint density at radius 2 is 1.97 bits per heavy atom. The van der Waals surface area contributed by atoms with E-state index >= 15 is 0 Å². The zero-order chi connectivity index (χ0) is 21.1. The van der Waals surface area contributed by atoms with Crippen LogP contribution in [0.3, 0.4) is 0 Å². The first-order chi connectivity index (χ1) is 14.5. The fraction of sp³-hybridized carbons (Fsp3) is 0.227. The highest BCUT2D eigenvalue weighted by molar-refractivity contribution is 7.98. The van der Waals surface area contributed by atoms with Gasteiger partial charge in [0, 0.05) is 28.6 Å². The van der Waals surface area contributed by atoms with Gasteiger partial charge in [-0.3, -0.25) is 9.59 Å². The van der Waals surface area contributed by atoms with E-state index in [9.17, 15) is 9.59 Å². The first kappa shape index (κ1) is 20.4.